The molecule has 0 radical (unpaired) electrons. The lowest BCUT2D eigenvalue weighted by molar-refractivity contribution is 0.0699. The Morgan fingerprint density at radius 2 is 1.67 bits per heavy atom. The molecule has 186 valence electrons. The molecule has 0 aliphatic carbocycles. The second kappa shape index (κ2) is 9.59. The average Bonchev–Trinajstić information content (AvgIpc) is 3.24. The number of nitrogens with one attached hydrogen (secondary N) is 1. The Morgan fingerprint density at radius 1 is 1.03 bits per heavy atom. The molecule has 1 aliphatic heterocycles. The monoisotopic (exact) mass is 515 g/mol. The molecule has 36 heavy (non-hydrogen) atoms. The zero-order valence-electron chi connectivity index (χ0n) is 19.2. The number of aromatic carboxylic acids is 1. The molecule has 5 rings (SSSR count). The summed E-state index contributed by atoms with van der Waals surface area (Å²) in [5.74, 6) is -5.42. The maximum absolute atomic E-state index is 15.5. The SMILES string of the molecule is Cc1nc2c(C(=O)O)cc(-c3c(F)c(F)c(-c4ccccc4CN4CCSCC4)c(F)c3F)cc2[nH]1. The second-order valence-corrected chi connectivity index (χ2v) is 9.82. The van der Waals surface area contributed by atoms with Crippen molar-refractivity contribution >= 4 is 28.8 Å². The van der Waals surface area contributed by atoms with Crippen LogP contribution in [-0.4, -0.2) is 50.5 Å². The van der Waals surface area contributed by atoms with Crippen molar-refractivity contribution < 1.29 is 27.5 Å². The highest BCUT2D eigenvalue weighted by Gasteiger charge is 2.29. The highest BCUT2D eigenvalue weighted by atomic mass is 32.2. The van der Waals surface area contributed by atoms with Crippen LogP contribution in [0.4, 0.5) is 17.6 Å². The number of rotatable bonds is 5. The van der Waals surface area contributed by atoms with E-state index in [2.05, 4.69) is 14.9 Å². The molecule has 0 spiro atoms. The quantitative estimate of drug-likeness (QED) is 0.252. The number of hydrogen-bond acceptors (Lipinski definition) is 4. The third-order valence-corrected chi connectivity index (χ3v) is 7.21. The normalized spacial score (nSPS) is 14.5. The van der Waals surface area contributed by atoms with Crippen LogP contribution in [0.1, 0.15) is 21.7 Å². The Bertz CT molecular complexity index is 1470. The fourth-order valence-electron chi connectivity index (χ4n) is 4.57. The van der Waals surface area contributed by atoms with Gasteiger partial charge in [-0.1, -0.05) is 24.3 Å². The number of aromatic nitrogens is 2. The van der Waals surface area contributed by atoms with Gasteiger partial charge in [0.15, 0.2) is 23.3 Å². The van der Waals surface area contributed by atoms with Crippen LogP contribution in [0.25, 0.3) is 33.3 Å². The number of benzene rings is 3. The summed E-state index contributed by atoms with van der Waals surface area (Å²) in [6.07, 6.45) is 0. The van der Waals surface area contributed by atoms with E-state index < -0.39 is 40.4 Å². The van der Waals surface area contributed by atoms with Crippen LogP contribution in [0.5, 0.6) is 0 Å². The minimum atomic E-state index is -1.60. The molecule has 0 unspecified atom stereocenters. The maximum atomic E-state index is 15.5. The van der Waals surface area contributed by atoms with Crippen molar-refractivity contribution in [2.24, 2.45) is 0 Å². The standard InChI is InChI=1S/C26H21F4N3O2S/c1-13-31-18-11-15(10-17(26(34)35)25(18)32-13)19-21(27)23(29)20(24(30)22(19)28)16-5-3-2-4-14(16)12-33-6-8-36-9-7-33/h2-5,10-11H,6-9,12H2,1H3,(H,31,32)(H,34,35). The predicted octanol–water partition coefficient (Wildman–Crippen LogP) is 6.01. The molecule has 1 fully saturated rings. The number of carboxylic acid groups (broad SMARTS) is 1. The summed E-state index contributed by atoms with van der Waals surface area (Å²) in [6.45, 7) is 3.57. The summed E-state index contributed by atoms with van der Waals surface area (Å²) in [4.78, 5) is 20.8. The number of halogens is 4. The van der Waals surface area contributed by atoms with Gasteiger partial charge in [0, 0.05) is 31.1 Å². The van der Waals surface area contributed by atoms with Gasteiger partial charge in [-0.2, -0.15) is 11.8 Å². The molecule has 10 heteroatoms. The zero-order valence-corrected chi connectivity index (χ0v) is 20.0. The molecule has 4 aromatic rings. The van der Waals surface area contributed by atoms with Crippen LogP contribution >= 0.6 is 11.8 Å². The number of carbonyl (C=O) groups is 1. The van der Waals surface area contributed by atoms with Crippen molar-refractivity contribution in [2.45, 2.75) is 13.5 Å². The summed E-state index contributed by atoms with van der Waals surface area (Å²) in [6, 6.07) is 8.59. The molecule has 2 N–H and O–H groups in total. The maximum Gasteiger partial charge on any atom is 0.337 e. The van der Waals surface area contributed by atoms with Gasteiger partial charge in [0.1, 0.15) is 11.3 Å². The largest absolute Gasteiger partial charge is 0.478 e. The van der Waals surface area contributed by atoms with Gasteiger partial charge in [-0.25, -0.2) is 27.3 Å². The van der Waals surface area contributed by atoms with E-state index in [1.165, 1.54) is 12.1 Å². The van der Waals surface area contributed by atoms with Gasteiger partial charge in [0.05, 0.1) is 22.2 Å². The third kappa shape index (κ3) is 4.24. The van der Waals surface area contributed by atoms with E-state index in [-0.39, 0.29) is 27.7 Å². The van der Waals surface area contributed by atoms with E-state index in [9.17, 15) is 9.90 Å². The summed E-state index contributed by atoms with van der Waals surface area (Å²) >= 11 is 1.82. The number of carboxylic acids is 1. The van der Waals surface area contributed by atoms with Gasteiger partial charge in [-0.05, 0) is 35.7 Å². The van der Waals surface area contributed by atoms with Crippen molar-refractivity contribution in [2.75, 3.05) is 24.6 Å². The van der Waals surface area contributed by atoms with Crippen molar-refractivity contribution in [1.29, 1.82) is 0 Å². The zero-order chi connectivity index (χ0) is 25.6. The Balaban J connectivity index is 1.67. The summed E-state index contributed by atoms with van der Waals surface area (Å²) in [5, 5.41) is 9.57. The fourth-order valence-corrected chi connectivity index (χ4v) is 5.55. The molecule has 0 atom stereocenters. The highest BCUT2D eigenvalue weighted by Crippen LogP contribution is 2.39. The van der Waals surface area contributed by atoms with Crippen LogP contribution in [0.3, 0.4) is 0 Å². The fraction of sp³-hybridized carbons (Fsp3) is 0.231. The summed E-state index contributed by atoms with van der Waals surface area (Å²) < 4.78 is 61.8. The second-order valence-electron chi connectivity index (χ2n) is 8.60. The van der Waals surface area contributed by atoms with Crippen molar-refractivity contribution in [3.63, 3.8) is 0 Å². The lowest BCUT2D eigenvalue weighted by Crippen LogP contribution is -2.32. The minimum absolute atomic E-state index is 0.0703. The third-order valence-electron chi connectivity index (χ3n) is 6.27. The highest BCUT2D eigenvalue weighted by molar-refractivity contribution is 7.99. The lowest BCUT2D eigenvalue weighted by atomic mass is 9.93. The number of thioether (sulfide) groups is 1. The molecule has 1 saturated heterocycles. The van der Waals surface area contributed by atoms with Crippen LogP contribution in [0.15, 0.2) is 36.4 Å². The first-order valence-corrected chi connectivity index (χ1v) is 12.4. The first-order valence-electron chi connectivity index (χ1n) is 11.2. The number of nitrogens with zero attached hydrogens (tertiary/aromatic N) is 2. The van der Waals surface area contributed by atoms with E-state index in [0.717, 1.165) is 30.7 Å². The molecule has 0 bridgehead atoms. The molecule has 1 aromatic heterocycles. The number of imidazole rings is 1. The molecule has 0 amide bonds. The van der Waals surface area contributed by atoms with Crippen LogP contribution in [0, 0.1) is 30.2 Å². The van der Waals surface area contributed by atoms with E-state index in [4.69, 9.17) is 0 Å². The molecule has 5 nitrogen and oxygen atoms in total. The van der Waals surface area contributed by atoms with Gasteiger partial charge in [-0.3, -0.25) is 4.90 Å². The van der Waals surface area contributed by atoms with Crippen LogP contribution in [-0.2, 0) is 6.54 Å². The number of H-pyrrole nitrogens is 1. The van der Waals surface area contributed by atoms with Gasteiger partial charge in [0.2, 0.25) is 0 Å². The Labute approximate surface area is 208 Å². The van der Waals surface area contributed by atoms with Crippen molar-refractivity contribution in [3.8, 4) is 22.3 Å². The van der Waals surface area contributed by atoms with E-state index in [0.29, 0.717) is 17.9 Å². The average molecular weight is 516 g/mol. The Kier molecular flexibility index (Phi) is 6.48. The smallest absolute Gasteiger partial charge is 0.337 e. The topological polar surface area (TPSA) is 69.2 Å². The van der Waals surface area contributed by atoms with Gasteiger partial charge in [0.25, 0.3) is 0 Å². The molecule has 2 heterocycles. The predicted molar refractivity (Wildman–Crippen MR) is 131 cm³/mol. The summed E-state index contributed by atoms with van der Waals surface area (Å²) in [7, 11) is 0. The van der Waals surface area contributed by atoms with Crippen molar-refractivity contribution in [1.82, 2.24) is 14.9 Å². The molecule has 1 aliphatic rings. The first-order chi connectivity index (χ1) is 17.3. The van der Waals surface area contributed by atoms with Crippen LogP contribution in [0.2, 0.25) is 0 Å². The number of aromatic amines is 1. The van der Waals surface area contributed by atoms with Crippen molar-refractivity contribution in [3.05, 3.63) is 76.6 Å². The van der Waals surface area contributed by atoms with Gasteiger partial charge >= 0.3 is 5.97 Å². The summed E-state index contributed by atoms with van der Waals surface area (Å²) in [5.41, 5.74) is -1.55. The number of aryl methyl sites for hydroxylation is 1. The van der Waals surface area contributed by atoms with Gasteiger partial charge in [-0.15, -0.1) is 0 Å². The number of fused-ring (bicyclic) bond motifs is 1. The molecule has 0 saturated carbocycles. The van der Waals surface area contributed by atoms with E-state index in [1.54, 1.807) is 25.1 Å². The minimum Gasteiger partial charge on any atom is -0.478 e. The Morgan fingerprint density at radius 3 is 2.33 bits per heavy atom. The number of hydrogen-bond donors (Lipinski definition) is 2. The molecular weight excluding hydrogens is 494 g/mol. The van der Waals surface area contributed by atoms with Crippen LogP contribution < -0.4 is 0 Å². The Hall–Kier alpha value is -3.37. The molecular formula is C26H21F4N3O2S. The van der Waals surface area contributed by atoms with E-state index >= 15 is 17.6 Å². The molecule has 3 aromatic carbocycles. The van der Waals surface area contributed by atoms with Gasteiger partial charge < -0.3 is 10.1 Å². The lowest BCUT2D eigenvalue weighted by Gasteiger charge is -2.27. The van der Waals surface area contributed by atoms with E-state index in [1.807, 2.05) is 11.8 Å². The first kappa shape index (κ1) is 24.3.